The van der Waals surface area contributed by atoms with E-state index in [-0.39, 0.29) is 31.4 Å². The van der Waals surface area contributed by atoms with Gasteiger partial charge in [-0.1, -0.05) is 41.9 Å². The lowest BCUT2D eigenvalue weighted by molar-refractivity contribution is -0.133. The van der Waals surface area contributed by atoms with Crippen LogP contribution >= 0.6 is 11.6 Å². The van der Waals surface area contributed by atoms with E-state index < -0.39 is 5.54 Å². The van der Waals surface area contributed by atoms with E-state index in [9.17, 15) is 9.59 Å². The van der Waals surface area contributed by atoms with Gasteiger partial charge in [0.1, 0.15) is 22.7 Å². The monoisotopic (exact) mass is 544 g/mol. The van der Waals surface area contributed by atoms with E-state index in [0.29, 0.717) is 22.2 Å². The van der Waals surface area contributed by atoms with E-state index in [1.54, 1.807) is 48.9 Å². The number of carbonyl (C=O) groups excluding carboxylic acids is 2. The summed E-state index contributed by atoms with van der Waals surface area (Å²) >= 11 is 6.09. The first-order chi connectivity index (χ1) is 18.8. The van der Waals surface area contributed by atoms with Crippen LogP contribution < -0.4 is 14.8 Å². The van der Waals surface area contributed by atoms with E-state index in [0.717, 1.165) is 22.4 Å². The van der Waals surface area contributed by atoms with Crippen LogP contribution in [0.5, 0.6) is 11.5 Å². The summed E-state index contributed by atoms with van der Waals surface area (Å²) in [6.45, 7) is 2.45. The van der Waals surface area contributed by atoms with Crippen LogP contribution in [0.2, 0.25) is 5.02 Å². The summed E-state index contributed by atoms with van der Waals surface area (Å²) in [5.74, 6) is 0.840. The zero-order chi connectivity index (χ0) is 27.6. The van der Waals surface area contributed by atoms with Gasteiger partial charge in [0.15, 0.2) is 0 Å². The molecular formula is C30H29ClN4O4. The molecule has 2 heterocycles. The Bertz CT molecular complexity index is 1500. The Kier molecular flexibility index (Phi) is 7.30. The lowest BCUT2D eigenvalue weighted by Gasteiger charge is -2.43. The number of rotatable bonds is 8. The van der Waals surface area contributed by atoms with Gasteiger partial charge in [-0.15, -0.1) is 0 Å². The molecule has 5 rings (SSSR count). The molecule has 0 bridgehead atoms. The number of benzene rings is 3. The number of hydrogen-bond acceptors (Lipinski definition) is 5. The second-order valence-corrected chi connectivity index (χ2v) is 10.0. The number of fused-ring (bicyclic) bond motifs is 1. The van der Waals surface area contributed by atoms with Crippen molar-refractivity contribution < 1.29 is 19.1 Å². The maximum atomic E-state index is 13.9. The molecule has 39 heavy (non-hydrogen) atoms. The number of carbonyl (C=O) groups is 2. The molecule has 0 fully saturated rings. The van der Waals surface area contributed by atoms with E-state index in [2.05, 4.69) is 5.32 Å². The molecule has 0 saturated carbocycles. The second-order valence-electron chi connectivity index (χ2n) is 9.59. The molecule has 9 heteroatoms. The number of hydrogen-bond donors (Lipinski definition) is 1. The highest BCUT2D eigenvalue weighted by Gasteiger charge is 2.48. The van der Waals surface area contributed by atoms with E-state index in [1.165, 1.54) is 0 Å². The van der Waals surface area contributed by atoms with Crippen molar-refractivity contribution in [1.82, 2.24) is 20.0 Å². The van der Waals surface area contributed by atoms with Crippen molar-refractivity contribution in [3.63, 3.8) is 0 Å². The summed E-state index contributed by atoms with van der Waals surface area (Å²) in [6, 6.07) is 24.0. The molecule has 3 aromatic carbocycles. The zero-order valence-electron chi connectivity index (χ0n) is 22.0. The van der Waals surface area contributed by atoms with Crippen LogP contribution in [-0.4, -0.2) is 46.3 Å². The lowest BCUT2D eigenvalue weighted by Crippen LogP contribution is -2.63. The normalized spacial score (nSPS) is 16.5. The summed E-state index contributed by atoms with van der Waals surface area (Å²) in [7, 11) is 3.20. The van der Waals surface area contributed by atoms with Gasteiger partial charge in [0.2, 0.25) is 5.91 Å². The van der Waals surface area contributed by atoms with Crippen LogP contribution in [0.3, 0.4) is 0 Å². The van der Waals surface area contributed by atoms with Crippen LogP contribution in [-0.2, 0) is 24.4 Å². The minimum absolute atomic E-state index is 0.190. The molecule has 1 aromatic heterocycles. The van der Waals surface area contributed by atoms with Gasteiger partial charge >= 0.3 is 0 Å². The Morgan fingerprint density at radius 2 is 1.74 bits per heavy atom. The second kappa shape index (κ2) is 10.8. The van der Waals surface area contributed by atoms with Gasteiger partial charge in [-0.2, -0.15) is 5.10 Å². The van der Waals surface area contributed by atoms with Gasteiger partial charge in [-0.05, 0) is 61.0 Å². The third kappa shape index (κ3) is 5.20. The minimum atomic E-state index is -1.21. The van der Waals surface area contributed by atoms with E-state index in [1.807, 2.05) is 60.7 Å². The average molecular weight is 545 g/mol. The van der Waals surface area contributed by atoms with Crippen molar-refractivity contribution in [1.29, 1.82) is 0 Å². The van der Waals surface area contributed by atoms with Crippen molar-refractivity contribution >= 4 is 23.4 Å². The van der Waals surface area contributed by atoms with Crippen molar-refractivity contribution in [3.8, 4) is 22.8 Å². The van der Waals surface area contributed by atoms with Gasteiger partial charge in [0.25, 0.3) is 5.91 Å². The molecule has 0 aliphatic carbocycles. The third-order valence-electron chi connectivity index (χ3n) is 7.06. The molecule has 1 unspecified atom stereocenters. The molecule has 1 atom stereocenters. The number of halogens is 1. The first-order valence-electron chi connectivity index (χ1n) is 12.5. The molecule has 1 aliphatic heterocycles. The van der Waals surface area contributed by atoms with Crippen LogP contribution in [0.1, 0.15) is 28.5 Å². The van der Waals surface area contributed by atoms with Gasteiger partial charge in [0, 0.05) is 29.2 Å². The Morgan fingerprint density at radius 3 is 2.44 bits per heavy atom. The number of para-hydroxylation sites is 1. The fraction of sp³-hybridized carbons (Fsp3) is 0.233. The topological polar surface area (TPSA) is 85.7 Å². The highest BCUT2D eigenvalue weighted by Crippen LogP contribution is 2.32. The summed E-state index contributed by atoms with van der Waals surface area (Å²) < 4.78 is 12.3. The smallest absolute Gasteiger partial charge is 0.273 e. The number of amides is 2. The Morgan fingerprint density at radius 1 is 1.03 bits per heavy atom. The Balaban J connectivity index is 1.48. The Labute approximate surface area is 232 Å². The predicted molar refractivity (Wildman–Crippen MR) is 149 cm³/mol. The fourth-order valence-electron chi connectivity index (χ4n) is 4.78. The number of ether oxygens (including phenoxy) is 2. The molecule has 0 spiro atoms. The van der Waals surface area contributed by atoms with Crippen molar-refractivity contribution in [2.75, 3.05) is 14.2 Å². The standard InChI is InChI=1S/C30H29ClN4O4/c1-30(29(37)32-17-22-6-4-5-7-27(22)39-3)19-35-26(16-25(33-35)21-10-14-24(38-2)15-11-21)28(36)34(30)18-20-8-12-23(31)13-9-20/h4-16H,17-19H2,1-3H3,(H,32,37). The van der Waals surface area contributed by atoms with Crippen LogP contribution in [0.25, 0.3) is 11.3 Å². The van der Waals surface area contributed by atoms with Gasteiger partial charge in [0.05, 0.1) is 26.5 Å². The quantitative estimate of drug-likeness (QED) is 0.339. The predicted octanol–water partition coefficient (Wildman–Crippen LogP) is 4.95. The third-order valence-corrected chi connectivity index (χ3v) is 7.31. The zero-order valence-corrected chi connectivity index (χ0v) is 22.7. The largest absolute Gasteiger partial charge is 0.497 e. The summed E-state index contributed by atoms with van der Waals surface area (Å²) in [5.41, 5.74) is 2.40. The molecule has 8 nitrogen and oxygen atoms in total. The van der Waals surface area contributed by atoms with Crippen LogP contribution in [0.15, 0.2) is 78.9 Å². The Hall–Kier alpha value is -4.30. The molecule has 1 N–H and O–H groups in total. The molecular weight excluding hydrogens is 516 g/mol. The SMILES string of the molecule is COc1ccc(-c2cc3n(n2)CC(C)(C(=O)NCc2ccccc2OC)N(Cc2ccc(Cl)cc2)C3=O)cc1. The number of nitrogens with one attached hydrogen (secondary N) is 1. The van der Waals surface area contributed by atoms with Crippen molar-refractivity contribution in [2.24, 2.45) is 0 Å². The number of nitrogens with zero attached hydrogens (tertiary/aromatic N) is 3. The van der Waals surface area contributed by atoms with Gasteiger partial charge in [-0.3, -0.25) is 14.3 Å². The average Bonchev–Trinajstić information content (AvgIpc) is 3.39. The van der Waals surface area contributed by atoms with Crippen LogP contribution in [0, 0.1) is 0 Å². The summed E-state index contributed by atoms with van der Waals surface area (Å²) in [4.78, 5) is 29.4. The highest BCUT2D eigenvalue weighted by atomic mass is 35.5. The highest BCUT2D eigenvalue weighted by molar-refractivity contribution is 6.30. The molecule has 0 radical (unpaired) electrons. The van der Waals surface area contributed by atoms with Gasteiger partial charge < -0.3 is 19.7 Å². The molecule has 4 aromatic rings. The lowest BCUT2D eigenvalue weighted by atomic mass is 9.94. The summed E-state index contributed by atoms with van der Waals surface area (Å²) in [5, 5.41) is 8.34. The first kappa shape index (κ1) is 26.3. The summed E-state index contributed by atoms with van der Waals surface area (Å²) in [6.07, 6.45) is 0. The van der Waals surface area contributed by atoms with Crippen molar-refractivity contribution in [2.45, 2.75) is 32.1 Å². The maximum Gasteiger partial charge on any atom is 0.273 e. The minimum Gasteiger partial charge on any atom is -0.497 e. The molecule has 2 amide bonds. The molecule has 1 aliphatic rings. The van der Waals surface area contributed by atoms with E-state index in [4.69, 9.17) is 26.2 Å². The molecule has 0 saturated heterocycles. The van der Waals surface area contributed by atoms with E-state index >= 15 is 0 Å². The maximum absolute atomic E-state index is 13.9. The fourth-order valence-corrected chi connectivity index (χ4v) is 4.91. The van der Waals surface area contributed by atoms with Gasteiger partial charge in [-0.25, -0.2) is 0 Å². The van der Waals surface area contributed by atoms with Crippen LogP contribution in [0.4, 0.5) is 0 Å². The first-order valence-corrected chi connectivity index (χ1v) is 12.9. The molecule has 200 valence electrons. The number of methoxy groups -OCH3 is 2. The number of aromatic nitrogens is 2. The van der Waals surface area contributed by atoms with Crippen molar-refractivity contribution in [3.05, 3.63) is 101 Å².